The van der Waals surface area contributed by atoms with Gasteiger partial charge in [0.1, 0.15) is 6.54 Å². The Bertz CT molecular complexity index is 624. The van der Waals surface area contributed by atoms with E-state index < -0.39 is 0 Å². The van der Waals surface area contributed by atoms with Gasteiger partial charge in [-0.25, -0.2) is 5.43 Å². The van der Waals surface area contributed by atoms with Crippen molar-refractivity contribution in [2.75, 3.05) is 13.1 Å². The van der Waals surface area contributed by atoms with Crippen LogP contribution in [0.1, 0.15) is 43.2 Å². The highest BCUT2D eigenvalue weighted by Gasteiger charge is 2.19. The molecule has 1 aromatic rings. The molecule has 23 heavy (non-hydrogen) atoms. The average Bonchev–Trinajstić information content (AvgIpc) is 2.77. The lowest BCUT2D eigenvalue weighted by molar-refractivity contribution is -0.135. The lowest BCUT2D eigenvalue weighted by atomic mass is 9.90. The van der Waals surface area contributed by atoms with Gasteiger partial charge < -0.3 is 4.90 Å². The molecule has 0 unspecified atom stereocenters. The third kappa shape index (κ3) is 4.18. The van der Waals surface area contributed by atoms with Gasteiger partial charge in [-0.15, -0.1) is 0 Å². The fraction of sp³-hybridized carbons (Fsp3) is 0.500. The number of fused-ring (bicyclic) bond motifs is 1. The fourth-order valence-electron chi connectivity index (χ4n) is 3.21. The quantitative estimate of drug-likeness (QED) is 0.868. The number of hydrazone groups is 1. The summed E-state index contributed by atoms with van der Waals surface area (Å²) in [7, 11) is 0. The smallest absolute Gasteiger partial charge is 0.259 e. The first-order valence-electron chi connectivity index (χ1n) is 8.41. The van der Waals surface area contributed by atoms with Gasteiger partial charge in [0.05, 0.1) is 0 Å². The molecular formula is C18H23N3O2. The SMILES string of the molecule is O=C(CN1CCCCCC1=O)N/N=C1/CCc2ccccc2C1. The monoisotopic (exact) mass is 313 g/mol. The predicted octanol–water partition coefficient (Wildman–Crippen LogP) is 2.05. The maximum Gasteiger partial charge on any atom is 0.259 e. The van der Waals surface area contributed by atoms with Crippen molar-refractivity contribution < 1.29 is 9.59 Å². The minimum Gasteiger partial charge on any atom is -0.333 e. The van der Waals surface area contributed by atoms with Gasteiger partial charge in [0.15, 0.2) is 0 Å². The minimum atomic E-state index is -0.202. The number of hydrogen-bond acceptors (Lipinski definition) is 3. The van der Waals surface area contributed by atoms with Crippen molar-refractivity contribution in [1.29, 1.82) is 0 Å². The number of nitrogens with zero attached hydrogens (tertiary/aromatic N) is 2. The summed E-state index contributed by atoms with van der Waals surface area (Å²) in [6.07, 6.45) is 6.15. The van der Waals surface area contributed by atoms with Gasteiger partial charge in [0.2, 0.25) is 5.91 Å². The zero-order valence-electron chi connectivity index (χ0n) is 13.4. The molecule has 1 aliphatic carbocycles. The third-order valence-electron chi connectivity index (χ3n) is 4.54. The van der Waals surface area contributed by atoms with Crippen LogP contribution < -0.4 is 5.43 Å². The van der Waals surface area contributed by atoms with Gasteiger partial charge in [0, 0.05) is 25.1 Å². The molecule has 2 aliphatic rings. The molecule has 5 nitrogen and oxygen atoms in total. The Hall–Kier alpha value is -2.17. The molecule has 3 rings (SSSR count). The Labute approximate surface area is 136 Å². The normalized spacial score (nSPS) is 20.1. The van der Waals surface area contributed by atoms with Gasteiger partial charge in [-0.3, -0.25) is 9.59 Å². The summed E-state index contributed by atoms with van der Waals surface area (Å²) in [5.41, 5.74) is 6.28. The predicted molar refractivity (Wildman–Crippen MR) is 89.1 cm³/mol. The lowest BCUT2D eigenvalue weighted by Crippen LogP contribution is -2.39. The maximum atomic E-state index is 12.0. The molecule has 122 valence electrons. The fourth-order valence-corrected chi connectivity index (χ4v) is 3.21. The molecule has 1 fully saturated rings. The second-order valence-electron chi connectivity index (χ2n) is 6.28. The van der Waals surface area contributed by atoms with E-state index >= 15 is 0 Å². The molecule has 1 heterocycles. The van der Waals surface area contributed by atoms with Gasteiger partial charge in [-0.1, -0.05) is 30.7 Å². The van der Waals surface area contributed by atoms with E-state index in [9.17, 15) is 9.59 Å². The first-order chi connectivity index (χ1) is 11.2. The van der Waals surface area contributed by atoms with Crippen LogP contribution in [0.15, 0.2) is 29.4 Å². The van der Waals surface area contributed by atoms with Crippen molar-refractivity contribution in [3.63, 3.8) is 0 Å². The van der Waals surface area contributed by atoms with Crippen LogP contribution in [0.2, 0.25) is 0 Å². The zero-order chi connectivity index (χ0) is 16.1. The highest BCUT2D eigenvalue weighted by Crippen LogP contribution is 2.19. The highest BCUT2D eigenvalue weighted by atomic mass is 16.2. The molecule has 0 bridgehead atoms. The summed E-state index contributed by atoms with van der Waals surface area (Å²) in [6, 6.07) is 8.35. The number of likely N-dealkylation sites (tertiary alicyclic amines) is 1. The van der Waals surface area contributed by atoms with Crippen molar-refractivity contribution in [1.82, 2.24) is 10.3 Å². The summed E-state index contributed by atoms with van der Waals surface area (Å²) in [4.78, 5) is 25.6. The molecule has 2 amide bonds. The molecule has 1 N–H and O–H groups in total. The van der Waals surface area contributed by atoms with Gasteiger partial charge >= 0.3 is 0 Å². The Kier molecular flexibility index (Phi) is 5.05. The van der Waals surface area contributed by atoms with E-state index in [1.807, 2.05) is 6.07 Å². The van der Waals surface area contributed by atoms with Gasteiger partial charge in [-0.05, 0) is 36.8 Å². The van der Waals surface area contributed by atoms with Crippen molar-refractivity contribution in [3.05, 3.63) is 35.4 Å². The summed E-state index contributed by atoms with van der Waals surface area (Å²) in [5, 5.41) is 4.28. The zero-order valence-corrected chi connectivity index (χ0v) is 13.4. The molecule has 0 aromatic heterocycles. The number of amides is 2. The first kappa shape index (κ1) is 15.7. The number of carbonyl (C=O) groups excluding carboxylic acids is 2. The van der Waals surface area contributed by atoms with E-state index in [1.54, 1.807) is 4.90 Å². The number of benzene rings is 1. The lowest BCUT2D eigenvalue weighted by Gasteiger charge is -2.20. The Morgan fingerprint density at radius 1 is 1.09 bits per heavy atom. The van der Waals surface area contributed by atoms with Crippen molar-refractivity contribution in [3.8, 4) is 0 Å². The summed E-state index contributed by atoms with van der Waals surface area (Å²) in [6.45, 7) is 0.794. The average molecular weight is 313 g/mol. The van der Waals surface area contributed by atoms with E-state index in [4.69, 9.17) is 0 Å². The van der Waals surface area contributed by atoms with Gasteiger partial charge in [0.25, 0.3) is 5.91 Å². The molecule has 5 heteroatoms. The van der Waals surface area contributed by atoms with Crippen LogP contribution in [0.5, 0.6) is 0 Å². The molecule has 0 radical (unpaired) electrons. The van der Waals surface area contributed by atoms with Crippen LogP contribution in [-0.2, 0) is 22.4 Å². The molecule has 0 spiro atoms. The Morgan fingerprint density at radius 3 is 2.78 bits per heavy atom. The molecule has 1 aromatic carbocycles. The maximum absolute atomic E-state index is 12.0. The van der Waals surface area contributed by atoms with Crippen molar-refractivity contribution in [2.45, 2.75) is 44.9 Å². The standard InChI is InChI=1S/C18H23N3O2/c22-17(13-21-11-5-1-2-8-18(21)23)20-19-16-10-9-14-6-3-4-7-15(14)12-16/h3-4,6-7H,1-2,5,8-13H2,(H,20,22)/b19-16-. The summed E-state index contributed by atoms with van der Waals surface area (Å²) >= 11 is 0. The molecule has 1 aliphatic heterocycles. The number of nitrogens with one attached hydrogen (secondary N) is 1. The second kappa shape index (κ2) is 7.40. The van der Waals surface area contributed by atoms with Crippen LogP contribution in [-0.4, -0.2) is 35.5 Å². The van der Waals surface area contributed by atoms with E-state index in [2.05, 4.69) is 28.7 Å². The summed E-state index contributed by atoms with van der Waals surface area (Å²) in [5.74, 6) is -0.122. The topological polar surface area (TPSA) is 61.8 Å². The van der Waals surface area contributed by atoms with Gasteiger partial charge in [-0.2, -0.15) is 5.10 Å². The number of hydrogen-bond donors (Lipinski definition) is 1. The second-order valence-corrected chi connectivity index (χ2v) is 6.28. The molecular weight excluding hydrogens is 290 g/mol. The number of aryl methyl sites for hydroxylation is 1. The summed E-state index contributed by atoms with van der Waals surface area (Å²) < 4.78 is 0. The van der Waals surface area contributed by atoms with E-state index in [1.165, 1.54) is 11.1 Å². The van der Waals surface area contributed by atoms with Crippen LogP contribution >= 0.6 is 0 Å². The van der Waals surface area contributed by atoms with Crippen LogP contribution in [0.25, 0.3) is 0 Å². The number of rotatable bonds is 3. The van der Waals surface area contributed by atoms with E-state index in [0.717, 1.165) is 44.2 Å². The molecule has 0 atom stereocenters. The third-order valence-corrected chi connectivity index (χ3v) is 4.54. The first-order valence-corrected chi connectivity index (χ1v) is 8.41. The van der Waals surface area contributed by atoms with Crippen molar-refractivity contribution >= 4 is 17.5 Å². The van der Waals surface area contributed by atoms with E-state index in [-0.39, 0.29) is 18.4 Å². The van der Waals surface area contributed by atoms with Crippen LogP contribution in [0.3, 0.4) is 0 Å². The minimum absolute atomic E-state index is 0.0805. The highest BCUT2D eigenvalue weighted by molar-refractivity contribution is 5.90. The molecule has 0 saturated carbocycles. The number of carbonyl (C=O) groups is 2. The van der Waals surface area contributed by atoms with Crippen molar-refractivity contribution in [2.24, 2.45) is 5.10 Å². The molecule has 1 saturated heterocycles. The Balaban J connectivity index is 1.53. The van der Waals surface area contributed by atoms with E-state index in [0.29, 0.717) is 13.0 Å². The van der Waals surface area contributed by atoms with Crippen LogP contribution in [0.4, 0.5) is 0 Å². The van der Waals surface area contributed by atoms with Crippen LogP contribution in [0, 0.1) is 0 Å². The Morgan fingerprint density at radius 2 is 1.91 bits per heavy atom. The largest absolute Gasteiger partial charge is 0.333 e.